The van der Waals surface area contributed by atoms with Crippen LogP contribution in [0.2, 0.25) is 0 Å². The maximum atomic E-state index is 13.6. The van der Waals surface area contributed by atoms with Crippen molar-refractivity contribution in [3.63, 3.8) is 0 Å². The number of hydrogen-bond donors (Lipinski definition) is 0. The molecule has 7 heteroatoms. The minimum absolute atomic E-state index is 0.244. The summed E-state index contributed by atoms with van der Waals surface area (Å²) in [7, 11) is 3.20. The predicted molar refractivity (Wildman–Crippen MR) is 155 cm³/mol. The number of halogens is 1. The third-order valence-electron chi connectivity index (χ3n) is 6.02. The topological polar surface area (TPSA) is 42.8 Å². The van der Waals surface area contributed by atoms with Gasteiger partial charge < -0.3 is 14.0 Å². The maximum Gasteiger partial charge on any atom is 0.167 e. The number of rotatable bonds is 11. The fourth-order valence-corrected chi connectivity index (χ4v) is 4.24. The van der Waals surface area contributed by atoms with Crippen LogP contribution in [0.3, 0.4) is 0 Å². The van der Waals surface area contributed by atoms with E-state index < -0.39 is 0 Å². The van der Waals surface area contributed by atoms with Crippen molar-refractivity contribution in [1.29, 1.82) is 0 Å². The van der Waals surface area contributed by atoms with Gasteiger partial charge in [-0.05, 0) is 62.1 Å². The van der Waals surface area contributed by atoms with Crippen LogP contribution in [-0.2, 0) is 16.0 Å². The van der Waals surface area contributed by atoms with E-state index in [0.29, 0.717) is 18.1 Å². The second-order valence-electron chi connectivity index (χ2n) is 8.67. The summed E-state index contributed by atoms with van der Waals surface area (Å²) in [6.07, 6.45) is 12.8. The SMILES string of the molecule is C=C(OC)/C(OC)=C(\C=C/Cn1cnc(C)c1)/C=C1\CCCN(N(CCC)c2ccc(F)cc2)C1=C.CC. The van der Waals surface area contributed by atoms with E-state index in [1.807, 2.05) is 56.1 Å². The monoisotopic (exact) mass is 522 g/mol. The van der Waals surface area contributed by atoms with Gasteiger partial charge in [-0.3, -0.25) is 10.0 Å². The number of allylic oxidation sites excluding steroid dienone is 5. The summed E-state index contributed by atoms with van der Waals surface area (Å²) in [5.41, 5.74) is 4.78. The number of aryl methyl sites for hydroxylation is 1. The van der Waals surface area contributed by atoms with Crippen LogP contribution in [0.25, 0.3) is 0 Å². The van der Waals surface area contributed by atoms with Crippen molar-refractivity contribution in [2.24, 2.45) is 0 Å². The summed E-state index contributed by atoms with van der Waals surface area (Å²) in [6.45, 7) is 18.9. The molecule has 1 fully saturated rings. The average Bonchev–Trinajstić information content (AvgIpc) is 3.35. The van der Waals surface area contributed by atoms with Crippen molar-refractivity contribution in [3.05, 3.63) is 108 Å². The minimum Gasteiger partial charge on any atom is -0.493 e. The highest BCUT2D eigenvalue weighted by molar-refractivity contribution is 5.50. The van der Waals surface area contributed by atoms with Gasteiger partial charge in [0.2, 0.25) is 0 Å². The van der Waals surface area contributed by atoms with E-state index in [1.165, 1.54) is 12.1 Å². The normalized spacial score (nSPS) is 15.2. The molecule has 38 heavy (non-hydrogen) atoms. The van der Waals surface area contributed by atoms with Gasteiger partial charge in [-0.25, -0.2) is 9.37 Å². The zero-order valence-electron chi connectivity index (χ0n) is 23.8. The zero-order chi connectivity index (χ0) is 28.1. The number of ether oxygens (including phenoxy) is 2. The lowest BCUT2D eigenvalue weighted by molar-refractivity contribution is 0.220. The van der Waals surface area contributed by atoms with Crippen molar-refractivity contribution in [3.8, 4) is 0 Å². The first-order valence-corrected chi connectivity index (χ1v) is 13.2. The molecule has 1 aliphatic rings. The first kappa shape index (κ1) is 30.5. The van der Waals surface area contributed by atoms with Gasteiger partial charge >= 0.3 is 0 Å². The highest BCUT2D eigenvalue weighted by Crippen LogP contribution is 2.32. The Morgan fingerprint density at radius 3 is 2.47 bits per heavy atom. The molecule has 0 bridgehead atoms. The quantitative estimate of drug-likeness (QED) is 0.228. The Balaban J connectivity index is 0.00000247. The number of methoxy groups -OCH3 is 2. The standard InChI is InChI=1S/C29H37FN4O2.C2H6/c1-7-16-34(28-14-12-27(30)13-15-28)33-18-9-10-25(23(33)3)19-26(29(36-6)24(4)35-5)11-8-17-32-20-22(2)31-21-32;1-2/h8,11-15,19-21H,3-4,7,9-10,16-18H2,1-2,5-6H3;1-2H3/b11-8-,25-19+,29-26-;. The molecule has 0 amide bonds. The van der Waals surface area contributed by atoms with E-state index in [4.69, 9.17) is 9.47 Å². The second kappa shape index (κ2) is 15.5. The third-order valence-corrected chi connectivity index (χ3v) is 6.02. The summed E-state index contributed by atoms with van der Waals surface area (Å²) >= 11 is 0. The molecule has 1 aromatic heterocycles. The van der Waals surface area contributed by atoms with Crippen molar-refractivity contribution >= 4 is 5.69 Å². The fraction of sp³-hybridized carbons (Fsp3) is 0.387. The van der Waals surface area contributed by atoms with Crippen LogP contribution < -0.4 is 5.01 Å². The van der Waals surface area contributed by atoms with Crippen molar-refractivity contribution in [2.45, 2.75) is 53.5 Å². The molecule has 1 aromatic carbocycles. The van der Waals surface area contributed by atoms with E-state index in [9.17, 15) is 4.39 Å². The molecule has 0 N–H and O–H groups in total. The smallest absolute Gasteiger partial charge is 0.167 e. The van der Waals surface area contributed by atoms with Gasteiger partial charge in [0.15, 0.2) is 11.5 Å². The van der Waals surface area contributed by atoms with Gasteiger partial charge in [-0.2, -0.15) is 0 Å². The minimum atomic E-state index is -0.244. The van der Waals surface area contributed by atoms with Crippen LogP contribution in [-0.4, -0.2) is 41.9 Å². The molecular weight excluding hydrogens is 479 g/mol. The molecule has 1 aliphatic heterocycles. The van der Waals surface area contributed by atoms with E-state index in [0.717, 1.165) is 60.6 Å². The Bertz CT molecular complexity index is 1140. The number of nitrogens with zero attached hydrogens (tertiary/aromatic N) is 4. The number of benzene rings is 1. The lowest BCUT2D eigenvalue weighted by Crippen LogP contribution is -2.45. The van der Waals surface area contributed by atoms with Crippen molar-refractivity contribution < 1.29 is 13.9 Å². The molecule has 3 rings (SSSR count). The number of hydrogen-bond acceptors (Lipinski definition) is 5. The number of piperidine rings is 1. The summed E-state index contributed by atoms with van der Waals surface area (Å²) < 4.78 is 26.7. The zero-order valence-corrected chi connectivity index (χ0v) is 23.8. The van der Waals surface area contributed by atoms with Gasteiger partial charge in [0.05, 0.1) is 37.6 Å². The number of aromatic nitrogens is 2. The molecule has 0 spiro atoms. The van der Waals surface area contributed by atoms with E-state index >= 15 is 0 Å². The second-order valence-corrected chi connectivity index (χ2v) is 8.67. The molecule has 2 aromatic rings. The average molecular weight is 523 g/mol. The lowest BCUT2D eigenvalue weighted by atomic mass is 9.98. The largest absolute Gasteiger partial charge is 0.493 e. The third kappa shape index (κ3) is 8.13. The molecule has 0 aliphatic carbocycles. The van der Waals surface area contributed by atoms with Crippen LogP contribution in [0, 0.1) is 12.7 Å². The van der Waals surface area contributed by atoms with Crippen LogP contribution >= 0.6 is 0 Å². The Labute approximate surface area is 228 Å². The Hall–Kier alpha value is -3.74. The first-order chi connectivity index (χ1) is 18.4. The maximum absolute atomic E-state index is 13.6. The number of imidazole rings is 1. The van der Waals surface area contributed by atoms with Crippen LogP contribution in [0.4, 0.5) is 10.1 Å². The summed E-state index contributed by atoms with van der Waals surface area (Å²) in [5.74, 6) is 0.771. The number of anilines is 1. The molecule has 1 saturated heterocycles. The van der Waals surface area contributed by atoms with Crippen molar-refractivity contribution in [2.75, 3.05) is 32.3 Å². The van der Waals surface area contributed by atoms with Gasteiger partial charge in [-0.1, -0.05) is 46.1 Å². The molecule has 0 radical (unpaired) electrons. The predicted octanol–water partition coefficient (Wildman–Crippen LogP) is 7.34. The Morgan fingerprint density at radius 2 is 1.89 bits per heavy atom. The first-order valence-electron chi connectivity index (χ1n) is 13.2. The molecule has 2 heterocycles. The molecule has 0 saturated carbocycles. The molecular formula is C31H43FN4O2. The highest BCUT2D eigenvalue weighted by atomic mass is 19.1. The van der Waals surface area contributed by atoms with Gasteiger partial charge in [-0.15, -0.1) is 0 Å². The van der Waals surface area contributed by atoms with E-state index in [-0.39, 0.29) is 5.82 Å². The van der Waals surface area contributed by atoms with Crippen molar-refractivity contribution in [1.82, 2.24) is 14.6 Å². The Kier molecular flexibility index (Phi) is 12.4. The van der Waals surface area contributed by atoms with Gasteiger partial charge in [0, 0.05) is 31.4 Å². The molecule has 0 unspecified atom stereocenters. The Morgan fingerprint density at radius 1 is 1.18 bits per heavy atom. The van der Waals surface area contributed by atoms with Gasteiger partial charge in [0.25, 0.3) is 0 Å². The van der Waals surface area contributed by atoms with Crippen LogP contribution in [0.5, 0.6) is 0 Å². The summed E-state index contributed by atoms with van der Waals surface area (Å²) in [6, 6.07) is 6.62. The lowest BCUT2D eigenvalue weighted by Gasteiger charge is -2.42. The highest BCUT2D eigenvalue weighted by Gasteiger charge is 2.24. The summed E-state index contributed by atoms with van der Waals surface area (Å²) in [4.78, 5) is 4.28. The fourth-order valence-electron chi connectivity index (χ4n) is 4.24. The molecule has 6 nitrogen and oxygen atoms in total. The van der Waals surface area contributed by atoms with E-state index in [1.54, 1.807) is 14.2 Å². The van der Waals surface area contributed by atoms with Crippen LogP contribution in [0.1, 0.15) is 45.7 Å². The number of hydrazine groups is 1. The summed E-state index contributed by atoms with van der Waals surface area (Å²) in [5, 5.41) is 4.37. The van der Waals surface area contributed by atoms with E-state index in [2.05, 4.69) is 47.2 Å². The molecule has 0 atom stereocenters. The van der Waals surface area contributed by atoms with Gasteiger partial charge in [0.1, 0.15) is 5.82 Å². The molecule has 206 valence electrons. The van der Waals surface area contributed by atoms with Crippen LogP contribution in [0.15, 0.2) is 96.5 Å².